The van der Waals surface area contributed by atoms with Crippen LogP contribution in [0.2, 0.25) is 0 Å². The van der Waals surface area contributed by atoms with Gasteiger partial charge in [0.05, 0.1) is 0 Å². The number of aliphatic carboxylic acids is 2. The fourth-order valence-corrected chi connectivity index (χ4v) is 1.65. The Bertz CT molecular complexity index is 678. The summed E-state index contributed by atoms with van der Waals surface area (Å²) >= 11 is 0. The van der Waals surface area contributed by atoms with E-state index in [1.807, 2.05) is 12.1 Å². The Balaban J connectivity index is 0.000000284. The molecule has 1 aromatic heterocycles. The second-order valence-electron chi connectivity index (χ2n) is 4.73. The van der Waals surface area contributed by atoms with Crippen molar-refractivity contribution in [1.82, 2.24) is 4.98 Å². The molecule has 0 unspecified atom stereocenters. The molecule has 2 aromatic rings. The van der Waals surface area contributed by atoms with Gasteiger partial charge >= 0.3 is 11.9 Å². The van der Waals surface area contributed by atoms with Gasteiger partial charge in [0.15, 0.2) is 0 Å². The highest BCUT2D eigenvalue weighted by molar-refractivity contribution is 5.89. The molecule has 6 nitrogen and oxygen atoms in total. The van der Waals surface area contributed by atoms with E-state index in [4.69, 9.17) is 15.9 Å². The molecule has 0 bridgehead atoms. The number of nitrogens with two attached hydrogens (primary N) is 1. The first-order valence-corrected chi connectivity index (χ1v) is 6.77. The molecular formula is C17H18N2O4. The standard InChI is InChI=1S/C13H14N2.C4H4O4/c1-10-5-7-11(8-6-10)9-12-3-2-4-13(14)15-12;5-3(6)1-2-4(7)8/h2-8H,9H2,1H3,(H2,14,15);1-2H,(H,5,6)(H,7,8). The van der Waals surface area contributed by atoms with Gasteiger partial charge in [-0.15, -0.1) is 0 Å². The van der Waals surface area contributed by atoms with E-state index in [-0.39, 0.29) is 0 Å². The normalized spacial score (nSPS) is 9.96. The van der Waals surface area contributed by atoms with E-state index < -0.39 is 11.9 Å². The summed E-state index contributed by atoms with van der Waals surface area (Å²) in [5.74, 6) is -1.93. The smallest absolute Gasteiger partial charge is 0.328 e. The summed E-state index contributed by atoms with van der Waals surface area (Å²) in [6, 6.07) is 14.2. The van der Waals surface area contributed by atoms with Crippen LogP contribution in [0.4, 0.5) is 5.82 Å². The lowest BCUT2D eigenvalue weighted by Crippen LogP contribution is -1.96. The van der Waals surface area contributed by atoms with Crippen LogP contribution in [-0.2, 0) is 16.0 Å². The van der Waals surface area contributed by atoms with Gasteiger partial charge in [-0.2, -0.15) is 0 Å². The SMILES string of the molecule is Cc1ccc(Cc2cccc(N)n2)cc1.O=C(O)C=CC(=O)O. The lowest BCUT2D eigenvalue weighted by Gasteiger charge is -2.02. The number of nitrogens with zero attached hydrogens (tertiary/aromatic N) is 1. The summed E-state index contributed by atoms with van der Waals surface area (Å²) in [6.45, 7) is 2.09. The highest BCUT2D eigenvalue weighted by Crippen LogP contribution is 2.09. The van der Waals surface area contributed by atoms with Gasteiger partial charge in [-0.1, -0.05) is 35.9 Å². The van der Waals surface area contributed by atoms with Crippen LogP contribution in [0.3, 0.4) is 0 Å². The Morgan fingerprint density at radius 1 is 1.04 bits per heavy atom. The highest BCUT2D eigenvalue weighted by atomic mass is 16.4. The third-order valence-corrected chi connectivity index (χ3v) is 2.70. The van der Waals surface area contributed by atoms with Gasteiger partial charge in [-0.25, -0.2) is 14.6 Å². The van der Waals surface area contributed by atoms with Gasteiger partial charge in [0.1, 0.15) is 5.82 Å². The van der Waals surface area contributed by atoms with E-state index in [0.29, 0.717) is 18.0 Å². The van der Waals surface area contributed by atoms with Gasteiger partial charge in [0.25, 0.3) is 0 Å². The molecular weight excluding hydrogens is 296 g/mol. The third kappa shape index (κ3) is 8.01. The Labute approximate surface area is 133 Å². The van der Waals surface area contributed by atoms with Crippen molar-refractivity contribution in [3.05, 3.63) is 71.4 Å². The number of aryl methyl sites for hydroxylation is 1. The summed E-state index contributed by atoms with van der Waals surface area (Å²) in [5.41, 5.74) is 9.18. The quantitative estimate of drug-likeness (QED) is 0.746. The number of nitrogen functional groups attached to an aromatic ring is 1. The molecule has 0 aliphatic rings. The van der Waals surface area contributed by atoms with Gasteiger partial charge in [-0.3, -0.25) is 0 Å². The van der Waals surface area contributed by atoms with E-state index in [1.54, 1.807) is 6.07 Å². The van der Waals surface area contributed by atoms with Crippen molar-refractivity contribution in [3.63, 3.8) is 0 Å². The molecule has 0 saturated carbocycles. The van der Waals surface area contributed by atoms with Crippen LogP contribution in [0.1, 0.15) is 16.8 Å². The van der Waals surface area contributed by atoms with Crippen LogP contribution in [0.15, 0.2) is 54.6 Å². The zero-order chi connectivity index (χ0) is 17.2. The molecule has 0 spiro atoms. The largest absolute Gasteiger partial charge is 0.478 e. The van der Waals surface area contributed by atoms with Crippen LogP contribution in [0, 0.1) is 6.92 Å². The minimum Gasteiger partial charge on any atom is -0.478 e. The predicted molar refractivity (Wildman–Crippen MR) is 87.0 cm³/mol. The minimum atomic E-state index is -1.26. The lowest BCUT2D eigenvalue weighted by atomic mass is 10.1. The lowest BCUT2D eigenvalue weighted by molar-refractivity contribution is -0.134. The number of hydrogen-bond donors (Lipinski definition) is 3. The van der Waals surface area contributed by atoms with Gasteiger partial charge in [0.2, 0.25) is 0 Å². The van der Waals surface area contributed by atoms with Crippen LogP contribution in [0.25, 0.3) is 0 Å². The maximum absolute atomic E-state index is 9.55. The summed E-state index contributed by atoms with van der Waals surface area (Å²) < 4.78 is 0. The second kappa shape index (κ2) is 8.99. The van der Waals surface area contributed by atoms with Crippen LogP contribution >= 0.6 is 0 Å². The monoisotopic (exact) mass is 314 g/mol. The Kier molecular flexibility index (Phi) is 7.00. The molecule has 1 aromatic carbocycles. The number of carbonyl (C=O) groups is 2. The van der Waals surface area contributed by atoms with Crippen molar-refractivity contribution in [2.45, 2.75) is 13.3 Å². The molecule has 0 amide bonds. The van der Waals surface area contributed by atoms with Crippen molar-refractivity contribution in [2.24, 2.45) is 0 Å². The predicted octanol–water partition coefficient (Wildman–Crippen LogP) is 2.27. The van der Waals surface area contributed by atoms with Crippen molar-refractivity contribution in [3.8, 4) is 0 Å². The van der Waals surface area contributed by atoms with E-state index in [0.717, 1.165) is 12.1 Å². The first kappa shape index (κ1) is 17.9. The fraction of sp³-hybridized carbons (Fsp3) is 0.118. The van der Waals surface area contributed by atoms with E-state index >= 15 is 0 Å². The van der Waals surface area contributed by atoms with Crippen molar-refractivity contribution in [2.75, 3.05) is 5.73 Å². The number of hydrogen-bond acceptors (Lipinski definition) is 4. The van der Waals surface area contributed by atoms with Gasteiger partial charge in [0, 0.05) is 24.3 Å². The number of pyridine rings is 1. The summed E-state index contributed by atoms with van der Waals surface area (Å²) in [6.07, 6.45) is 1.95. The number of carboxylic acid groups (broad SMARTS) is 2. The Hall–Kier alpha value is -3.15. The minimum absolute atomic E-state index is 0.558. The molecule has 23 heavy (non-hydrogen) atoms. The Morgan fingerprint density at radius 2 is 1.61 bits per heavy atom. The third-order valence-electron chi connectivity index (χ3n) is 2.70. The van der Waals surface area contributed by atoms with Crippen LogP contribution < -0.4 is 5.73 Å². The molecule has 0 aliphatic carbocycles. The highest BCUT2D eigenvalue weighted by Gasteiger charge is 1.97. The number of rotatable bonds is 4. The maximum Gasteiger partial charge on any atom is 0.328 e. The molecule has 120 valence electrons. The van der Waals surface area contributed by atoms with Gasteiger partial charge in [-0.05, 0) is 24.6 Å². The molecule has 1 heterocycles. The zero-order valence-corrected chi connectivity index (χ0v) is 12.6. The van der Waals surface area contributed by atoms with Crippen molar-refractivity contribution < 1.29 is 19.8 Å². The molecule has 4 N–H and O–H groups in total. The number of carboxylic acids is 2. The fourth-order valence-electron chi connectivity index (χ4n) is 1.65. The van der Waals surface area contributed by atoms with E-state index in [2.05, 4.69) is 36.2 Å². The molecule has 6 heteroatoms. The van der Waals surface area contributed by atoms with Crippen LogP contribution in [-0.4, -0.2) is 27.1 Å². The van der Waals surface area contributed by atoms with Crippen molar-refractivity contribution in [1.29, 1.82) is 0 Å². The first-order valence-electron chi connectivity index (χ1n) is 6.77. The average molecular weight is 314 g/mol. The molecule has 0 atom stereocenters. The van der Waals surface area contributed by atoms with Crippen LogP contribution in [0.5, 0.6) is 0 Å². The molecule has 0 fully saturated rings. The summed E-state index contributed by atoms with van der Waals surface area (Å²) in [4.78, 5) is 23.4. The average Bonchev–Trinajstić information content (AvgIpc) is 2.48. The molecule has 0 aliphatic heterocycles. The van der Waals surface area contributed by atoms with E-state index in [9.17, 15) is 9.59 Å². The van der Waals surface area contributed by atoms with Crippen molar-refractivity contribution >= 4 is 17.8 Å². The number of anilines is 1. The zero-order valence-electron chi connectivity index (χ0n) is 12.6. The number of benzene rings is 1. The molecule has 0 radical (unpaired) electrons. The number of aromatic nitrogens is 1. The topological polar surface area (TPSA) is 114 Å². The molecule has 2 rings (SSSR count). The van der Waals surface area contributed by atoms with Gasteiger partial charge < -0.3 is 15.9 Å². The maximum atomic E-state index is 9.55. The second-order valence-corrected chi connectivity index (χ2v) is 4.73. The summed E-state index contributed by atoms with van der Waals surface area (Å²) in [7, 11) is 0. The Morgan fingerprint density at radius 3 is 2.09 bits per heavy atom. The molecule has 0 saturated heterocycles. The summed E-state index contributed by atoms with van der Waals surface area (Å²) in [5, 5.41) is 15.6. The van der Waals surface area contributed by atoms with E-state index in [1.165, 1.54) is 11.1 Å². The first-order chi connectivity index (χ1) is 10.9.